The Morgan fingerprint density at radius 3 is 2.79 bits per heavy atom. The Morgan fingerprint density at radius 1 is 1.25 bits per heavy atom. The second-order valence-corrected chi connectivity index (χ2v) is 9.14. The summed E-state index contributed by atoms with van der Waals surface area (Å²) in [6, 6.07) is 8.01. The molecule has 1 saturated heterocycles. The van der Waals surface area contributed by atoms with Gasteiger partial charge >= 0.3 is 5.97 Å². The van der Waals surface area contributed by atoms with Gasteiger partial charge in [0.25, 0.3) is 0 Å². The smallest absolute Gasteiger partial charge is 0.313 e. The number of benzene rings is 1. The highest BCUT2D eigenvalue weighted by Crippen LogP contribution is 2.50. The van der Waals surface area contributed by atoms with Crippen molar-refractivity contribution in [2.45, 2.75) is 25.2 Å². The Morgan fingerprint density at radius 2 is 2.04 bits per heavy atom. The molecule has 3 aliphatic rings. The van der Waals surface area contributed by atoms with E-state index in [0.29, 0.717) is 17.3 Å². The first-order valence-electron chi connectivity index (χ1n) is 10.2. The highest BCUT2D eigenvalue weighted by Gasteiger charge is 2.44. The molecular weight excluding hydrogens is 414 g/mol. The van der Waals surface area contributed by atoms with Gasteiger partial charge in [-0.3, -0.25) is 4.79 Å². The molecule has 0 radical (unpaired) electrons. The summed E-state index contributed by atoms with van der Waals surface area (Å²) in [6.07, 6.45) is 17.2. The lowest BCUT2D eigenvalue weighted by Gasteiger charge is -2.43. The van der Waals surface area contributed by atoms with Gasteiger partial charge in [0.2, 0.25) is 0 Å². The molecule has 3 unspecified atom stereocenters. The molecule has 4 rings (SSSR count). The van der Waals surface area contributed by atoms with E-state index in [2.05, 4.69) is 57.3 Å². The maximum absolute atomic E-state index is 12.4. The summed E-state index contributed by atoms with van der Waals surface area (Å²) in [7, 11) is 1.48. The van der Waals surface area contributed by atoms with Crippen molar-refractivity contribution < 1.29 is 9.53 Å². The molecule has 0 bridgehead atoms. The first-order chi connectivity index (χ1) is 13.6. The van der Waals surface area contributed by atoms with Crippen LogP contribution in [0, 0.1) is 17.3 Å². The van der Waals surface area contributed by atoms with Gasteiger partial charge < -0.3 is 9.64 Å². The molecule has 0 amide bonds. The van der Waals surface area contributed by atoms with Crippen LogP contribution in [0.15, 0.2) is 65.2 Å². The number of carbonyl (C=O) groups is 1. The minimum absolute atomic E-state index is 0.146. The molecule has 1 spiro atoms. The van der Waals surface area contributed by atoms with Crippen molar-refractivity contribution in [1.29, 1.82) is 0 Å². The molecule has 3 atom stereocenters. The first kappa shape index (κ1) is 19.7. The Hall–Kier alpha value is -1.65. The van der Waals surface area contributed by atoms with Crippen LogP contribution in [0.4, 0.5) is 0 Å². The largest absolute Gasteiger partial charge is 0.469 e. The predicted molar refractivity (Wildman–Crippen MR) is 116 cm³/mol. The van der Waals surface area contributed by atoms with Crippen molar-refractivity contribution in [2.24, 2.45) is 17.3 Å². The molecule has 0 saturated carbocycles. The Balaban J connectivity index is 1.36. The van der Waals surface area contributed by atoms with Crippen molar-refractivity contribution in [3.8, 4) is 0 Å². The van der Waals surface area contributed by atoms with Crippen molar-refractivity contribution >= 4 is 21.9 Å². The van der Waals surface area contributed by atoms with Crippen LogP contribution in [0.1, 0.15) is 30.7 Å². The van der Waals surface area contributed by atoms with E-state index in [9.17, 15) is 4.79 Å². The number of fused-ring (bicyclic) bond motifs is 2. The van der Waals surface area contributed by atoms with Gasteiger partial charge in [0.1, 0.15) is 0 Å². The predicted octanol–water partition coefficient (Wildman–Crippen LogP) is 5.11. The van der Waals surface area contributed by atoms with E-state index in [-0.39, 0.29) is 11.9 Å². The van der Waals surface area contributed by atoms with E-state index in [1.165, 1.54) is 20.0 Å². The van der Waals surface area contributed by atoms with E-state index >= 15 is 0 Å². The Kier molecular flexibility index (Phi) is 5.88. The fourth-order valence-electron chi connectivity index (χ4n) is 5.09. The number of piperidine rings is 1. The zero-order chi connectivity index (χ0) is 19.6. The maximum atomic E-state index is 12.4. The lowest BCUT2D eigenvalue weighted by molar-refractivity contribution is -0.142. The molecule has 0 N–H and O–H groups in total. The number of likely N-dealkylation sites (tertiary alicyclic amines) is 1. The van der Waals surface area contributed by atoms with Crippen LogP contribution < -0.4 is 0 Å². The third kappa shape index (κ3) is 3.90. The van der Waals surface area contributed by atoms with Crippen LogP contribution in [-0.4, -0.2) is 37.6 Å². The van der Waals surface area contributed by atoms with Crippen molar-refractivity contribution in [3.63, 3.8) is 0 Å². The zero-order valence-electron chi connectivity index (χ0n) is 16.4. The number of methoxy groups -OCH3 is 1. The van der Waals surface area contributed by atoms with Gasteiger partial charge in [0, 0.05) is 10.4 Å². The number of allylic oxidation sites excluding steroid dienone is 6. The molecule has 3 nitrogen and oxygen atoms in total. The highest BCUT2D eigenvalue weighted by molar-refractivity contribution is 9.10. The zero-order valence-corrected chi connectivity index (χ0v) is 18.0. The van der Waals surface area contributed by atoms with Crippen LogP contribution in [0.3, 0.4) is 0 Å². The highest BCUT2D eigenvalue weighted by atomic mass is 79.9. The van der Waals surface area contributed by atoms with Crippen molar-refractivity contribution in [2.75, 3.05) is 26.7 Å². The summed E-state index contributed by atoms with van der Waals surface area (Å²) in [5.74, 6) is 0.855. The fourth-order valence-corrected chi connectivity index (χ4v) is 5.50. The number of hydrogen-bond acceptors (Lipinski definition) is 3. The van der Waals surface area contributed by atoms with Gasteiger partial charge in [0.15, 0.2) is 0 Å². The topological polar surface area (TPSA) is 29.5 Å². The molecular formula is C24H28BrNO2. The summed E-state index contributed by atoms with van der Waals surface area (Å²) in [4.78, 5) is 14.9. The number of hydrogen-bond donors (Lipinski definition) is 0. The molecule has 1 aliphatic heterocycles. The monoisotopic (exact) mass is 441 g/mol. The Bertz CT molecular complexity index is 805. The average molecular weight is 442 g/mol. The standard InChI is InChI=1S/C24H28BrNO2/c1-28-23(27)21(19-6-4-7-20(25)17-19)10-14-26-15-12-24(13-16-26)11-9-18-5-2-3-8-22(18)24/h2-9,11,17-18,21-22H,10,12-16H2,1H3. The van der Waals surface area contributed by atoms with Crippen LogP contribution in [0.25, 0.3) is 0 Å². The molecule has 1 fully saturated rings. The van der Waals surface area contributed by atoms with E-state index < -0.39 is 0 Å². The van der Waals surface area contributed by atoms with Gasteiger partial charge in [-0.15, -0.1) is 0 Å². The second-order valence-electron chi connectivity index (χ2n) is 8.23. The number of rotatable bonds is 5. The van der Waals surface area contributed by atoms with Crippen LogP contribution >= 0.6 is 15.9 Å². The van der Waals surface area contributed by atoms with E-state index in [0.717, 1.165) is 36.1 Å². The molecule has 1 aromatic carbocycles. The second kappa shape index (κ2) is 8.38. The quantitative estimate of drug-likeness (QED) is 0.469. The van der Waals surface area contributed by atoms with E-state index in [1.807, 2.05) is 24.3 Å². The molecule has 1 heterocycles. The number of carbonyl (C=O) groups excluding carboxylic acids is 1. The van der Waals surface area contributed by atoms with Gasteiger partial charge in [-0.2, -0.15) is 0 Å². The van der Waals surface area contributed by atoms with Gasteiger partial charge in [0.05, 0.1) is 13.0 Å². The minimum atomic E-state index is -0.208. The number of halogens is 1. The third-order valence-corrected chi connectivity index (χ3v) is 7.24. The van der Waals surface area contributed by atoms with Crippen molar-refractivity contribution in [3.05, 3.63) is 70.8 Å². The average Bonchev–Trinajstić information content (AvgIpc) is 3.08. The lowest BCUT2D eigenvalue weighted by atomic mass is 9.67. The number of nitrogens with zero attached hydrogens (tertiary/aromatic N) is 1. The third-order valence-electron chi connectivity index (χ3n) is 6.75. The summed E-state index contributed by atoms with van der Waals surface area (Å²) in [5, 5.41) is 0. The molecule has 2 aliphatic carbocycles. The van der Waals surface area contributed by atoms with Crippen molar-refractivity contribution in [1.82, 2.24) is 4.90 Å². The van der Waals surface area contributed by atoms with Crippen LogP contribution in [-0.2, 0) is 9.53 Å². The summed E-state index contributed by atoms with van der Waals surface area (Å²) in [6.45, 7) is 3.12. The van der Waals surface area contributed by atoms with Gasteiger partial charge in [-0.1, -0.05) is 64.5 Å². The Labute approximate surface area is 176 Å². The van der Waals surface area contributed by atoms with Crippen LogP contribution in [0.2, 0.25) is 0 Å². The first-order valence-corrected chi connectivity index (χ1v) is 11.0. The van der Waals surface area contributed by atoms with E-state index in [1.54, 1.807) is 0 Å². The molecule has 28 heavy (non-hydrogen) atoms. The number of ether oxygens (including phenoxy) is 1. The summed E-state index contributed by atoms with van der Waals surface area (Å²) >= 11 is 3.51. The normalized spacial score (nSPS) is 26.4. The van der Waals surface area contributed by atoms with E-state index in [4.69, 9.17) is 4.74 Å². The minimum Gasteiger partial charge on any atom is -0.469 e. The fraction of sp³-hybridized carbons (Fsp3) is 0.458. The molecule has 1 aromatic rings. The lowest BCUT2D eigenvalue weighted by Crippen LogP contribution is -2.43. The van der Waals surface area contributed by atoms with Crippen LogP contribution in [0.5, 0.6) is 0 Å². The summed E-state index contributed by atoms with van der Waals surface area (Å²) in [5.41, 5.74) is 1.35. The number of esters is 1. The molecule has 0 aromatic heterocycles. The maximum Gasteiger partial charge on any atom is 0.313 e. The van der Waals surface area contributed by atoms with Gasteiger partial charge in [-0.05, 0) is 67.9 Å². The SMILES string of the molecule is COC(=O)C(CCN1CCC2(C=CC3C=CC=CC32)CC1)c1cccc(Br)c1. The summed E-state index contributed by atoms with van der Waals surface area (Å²) < 4.78 is 6.08. The molecule has 4 heteroatoms. The van der Waals surface area contributed by atoms with Gasteiger partial charge in [-0.25, -0.2) is 0 Å². The molecule has 148 valence electrons.